The minimum Gasteiger partial charge on any atom is -0.364 e. The number of nitrogens with zero attached hydrogens (tertiary/aromatic N) is 1. The summed E-state index contributed by atoms with van der Waals surface area (Å²) in [5, 5.41) is 1.64. The zero-order chi connectivity index (χ0) is 22.8. The first kappa shape index (κ1) is 24.5. The van der Waals surface area contributed by atoms with Crippen LogP contribution < -0.4 is 9.62 Å². The van der Waals surface area contributed by atoms with Crippen molar-refractivity contribution in [1.29, 1.82) is 0 Å². The summed E-state index contributed by atoms with van der Waals surface area (Å²) in [6.45, 7) is 0.242. The van der Waals surface area contributed by atoms with Gasteiger partial charge in [0.25, 0.3) is 0 Å². The number of piperidine rings is 1. The monoisotopic (exact) mass is 514 g/mol. The van der Waals surface area contributed by atoms with Crippen molar-refractivity contribution in [3.8, 4) is 0 Å². The van der Waals surface area contributed by atoms with Crippen LogP contribution in [0.4, 0.5) is 18.9 Å². The zero-order valence-corrected chi connectivity index (χ0v) is 19.3. The van der Waals surface area contributed by atoms with Crippen LogP contribution in [0.2, 0.25) is 15.1 Å². The van der Waals surface area contributed by atoms with Crippen molar-refractivity contribution in [2.24, 2.45) is 5.92 Å². The molecule has 1 fully saturated rings. The van der Waals surface area contributed by atoms with E-state index in [2.05, 4.69) is 4.90 Å². The van der Waals surface area contributed by atoms with E-state index in [1.165, 1.54) is 0 Å². The number of sulfonamides is 1. The third-order valence-electron chi connectivity index (χ3n) is 5.31. The summed E-state index contributed by atoms with van der Waals surface area (Å²) in [7, 11) is -5.34. The molecular formula is C20H20Cl3F3N2O2S. The molecule has 31 heavy (non-hydrogen) atoms. The van der Waals surface area contributed by atoms with Crippen molar-refractivity contribution < 1.29 is 21.6 Å². The fourth-order valence-corrected chi connectivity index (χ4v) is 4.98. The van der Waals surface area contributed by atoms with Crippen molar-refractivity contribution in [2.75, 3.05) is 18.0 Å². The van der Waals surface area contributed by atoms with Crippen molar-refractivity contribution in [3.63, 3.8) is 0 Å². The van der Waals surface area contributed by atoms with Crippen LogP contribution in [0.15, 0.2) is 42.5 Å². The minimum atomic E-state index is -5.34. The third-order valence-corrected chi connectivity index (χ3v) is 7.32. The highest BCUT2D eigenvalue weighted by atomic mass is 35.5. The molecule has 0 saturated carbocycles. The standard InChI is InChI=1S/C20H20Cl3F3N2O2S/c21-14-2-5-16(6-3-14)28-12-13(9-10-27-31(29,30)20(24,25)26)1-8-19(28)17-7-4-15(22)11-18(17)23/h2-7,11,13,19,27H,1,8-10,12H2/t13-,19-/m0/s1. The summed E-state index contributed by atoms with van der Waals surface area (Å²) in [5.41, 5.74) is -3.52. The van der Waals surface area contributed by atoms with Crippen LogP contribution in [0.3, 0.4) is 0 Å². The van der Waals surface area contributed by atoms with Crippen molar-refractivity contribution in [3.05, 3.63) is 63.1 Å². The maximum atomic E-state index is 12.5. The van der Waals surface area contributed by atoms with Crippen LogP contribution in [-0.4, -0.2) is 27.0 Å². The highest BCUT2D eigenvalue weighted by Crippen LogP contribution is 2.41. The Hall–Kier alpha value is -1.19. The average molecular weight is 516 g/mol. The molecule has 1 aliphatic rings. The number of rotatable bonds is 6. The Bertz CT molecular complexity index is 1020. The molecule has 0 bridgehead atoms. The number of hydrogen-bond donors (Lipinski definition) is 1. The number of anilines is 1. The van der Waals surface area contributed by atoms with Crippen LogP contribution in [0.25, 0.3) is 0 Å². The van der Waals surface area contributed by atoms with Gasteiger partial charge in [0.1, 0.15) is 0 Å². The number of nitrogens with one attached hydrogen (secondary N) is 1. The van der Waals surface area contributed by atoms with Crippen molar-refractivity contribution >= 4 is 50.5 Å². The molecule has 2 atom stereocenters. The molecule has 170 valence electrons. The van der Waals surface area contributed by atoms with Crippen molar-refractivity contribution in [2.45, 2.75) is 30.8 Å². The zero-order valence-electron chi connectivity index (χ0n) is 16.2. The van der Waals surface area contributed by atoms with E-state index in [9.17, 15) is 21.6 Å². The lowest BCUT2D eigenvalue weighted by Gasteiger charge is -2.42. The molecule has 1 N–H and O–H groups in total. The van der Waals surface area contributed by atoms with E-state index in [-0.39, 0.29) is 24.9 Å². The van der Waals surface area contributed by atoms with Crippen LogP contribution in [0.1, 0.15) is 30.9 Å². The summed E-state index contributed by atoms with van der Waals surface area (Å²) in [6.07, 6.45) is 1.68. The second-order valence-electron chi connectivity index (χ2n) is 7.39. The Balaban J connectivity index is 1.78. The second-order valence-corrected chi connectivity index (χ2v) is 10.4. The van der Waals surface area contributed by atoms with Crippen LogP contribution in [0.5, 0.6) is 0 Å². The summed E-state index contributed by atoms with van der Waals surface area (Å²) in [6, 6.07) is 12.5. The maximum absolute atomic E-state index is 12.5. The quantitative estimate of drug-likeness (QED) is 0.482. The van der Waals surface area contributed by atoms with Gasteiger partial charge in [-0.05, 0) is 67.1 Å². The summed E-state index contributed by atoms with van der Waals surface area (Å²) in [4.78, 5) is 2.12. The van der Waals surface area contributed by atoms with E-state index in [0.717, 1.165) is 11.3 Å². The van der Waals surface area contributed by atoms with Gasteiger partial charge in [-0.3, -0.25) is 0 Å². The smallest absolute Gasteiger partial charge is 0.364 e. The first-order valence-corrected chi connectivity index (χ1v) is 12.1. The Morgan fingerprint density at radius 2 is 1.65 bits per heavy atom. The molecule has 0 aliphatic carbocycles. The molecule has 2 aromatic carbocycles. The average Bonchev–Trinajstić information content (AvgIpc) is 2.68. The molecule has 0 unspecified atom stereocenters. The predicted octanol–water partition coefficient (Wildman–Crippen LogP) is 6.43. The molecule has 0 amide bonds. The van der Waals surface area contributed by atoms with E-state index in [1.54, 1.807) is 29.0 Å². The molecule has 1 saturated heterocycles. The second kappa shape index (κ2) is 9.75. The predicted molar refractivity (Wildman–Crippen MR) is 118 cm³/mol. The van der Waals surface area contributed by atoms with E-state index < -0.39 is 15.5 Å². The van der Waals surface area contributed by atoms with Gasteiger partial charge >= 0.3 is 15.5 Å². The molecule has 4 nitrogen and oxygen atoms in total. The summed E-state index contributed by atoms with van der Waals surface area (Å²) in [5.74, 6) is -0.00561. The van der Waals surface area contributed by atoms with E-state index in [4.69, 9.17) is 34.8 Å². The van der Waals surface area contributed by atoms with Gasteiger partial charge in [-0.1, -0.05) is 40.9 Å². The molecule has 11 heteroatoms. The number of benzene rings is 2. The summed E-state index contributed by atoms with van der Waals surface area (Å²) < 4.78 is 61.7. The fourth-order valence-electron chi connectivity index (χ4n) is 3.77. The van der Waals surface area contributed by atoms with Gasteiger partial charge in [0.05, 0.1) is 6.04 Å². The molecule has 1 heterocycles. The lowest BCUT2D eigenvalue weighted by Crippen LogP contribution is -2.41. The van der Waals surface area contributed by atoms with Gasteiger partial charge in [-0.2, -0.15) is 13.2 Å². The molecule has 0 spiro atoms. The van der Waals surface area contributed by atoms with Gasteiger partial charge in [0.2, 0.25) is 0 Å². The number of hydrogen-bond acceptors (Lipinski definition) is 3. The van der Waals surface area contributed by atoms with E-state index in [1.807, 2.05) is 18.2 Å². The Morgan fingerprint density at radius 3 is 2.26 bits per heavy atom. The van der Waals surface area contributed by atoms with Gasteiger partial charge in [0.15, 0.2) is 0 Å². The molecule has 0 radical (unpaired) electrons. The maximum Gasteiger partial charge on any atom is 0.511 e. The fraction of sp³-hybridized carbons (Fsp3) is 0.400. The minimum absolute atomic E-state index is 0.00561. The molecule has 3 rings (SSSR count). The topological polar surface area (TPSA) is 49.4 Å². The van der Waals surface area contributed by atoms with Crippen LogP contribution in [0, 0.1) is 5.92 Å². The van der Waals surface area contributed by atoms with Gasteiger partial charge in [-0.25, -0.2) is 13.1 Å². The lowest BCUT2D eigenvalue weighted by molar-refractivity contribution is -0.0448. The first-order valence-electron chi connectivity index (χ1n) is 9.51. The highest BCUT2D eigenvalue weighted by Gasteiger charge is 2.45. The number of alkyl halides is 3. The van der Waals surface area contributed by atoms with Gasteiger partial charge in [0, 0.05) is 33.8 Å². The lowest BCUT2D eigenvalue weighted by atomic mass is 9.86. The van der Waals surface area contributed by atoms with Gasteiger partial charge in [-0.15, -0.1) is 0 Å². The van der Waals surface area contributed by atoms with Crippen molar-refractivity contribution in [1.82, 2.24) is 4.72 Å². The van der Waals surface area contributed by atoms with Crippen LogP contribution in [-0.2, 0) is 10.0 Å². The first-order chi connectivity index (χ1) is 14.5. The Morgan fingerprint density at radius 1 is 1.00 bits per heavy atom. The number of halogens is 6. The third kappa shape index (κ3) is 5.99. The highest BCUT2D eigenvalue weighted by molar-refractivity contribution is 7.90. The Kier molecular flexibility index (Phi) is 7.69. The normalized spacial score (nSPS) is 20.1. The Labute approximate surface area is 194 Å². The summed E-state index contributed by atoms with van der Waals surface area (Å²) >= 11 is 18.5. The molecule has 0 aromatic heterocycles. The van der Waals surface area contributed by atoms with Crippen LogP contribution >= 0.6 is 34.8 Å². The molecular weight excluding hydrogens is 496 g/mol. The van der Waals surface area contributed by atoms with E-state index in [0.29, 0.717) is 34.5 Å². The molecule has 1 aliphatic heterocycles. The molecule has 2 aromatic rings. The SMILES string of the molecule is O=S(=O)(NCC[C@@H]1CC[C@@H](c2ccc(Cl)cc2Cl)N(c2ccc(Cl)cc2)C1)C(F)(F)F. The largest absolute Gasteiger partial charge is 0.511 e. The van der Waals surface area contributed by atoms with E-state index >= 15 is 0 Å². The van der Waals surface area contributed by atoms with Gasteiger partial charge < -0.3 is 4.90 Å².